The molecule has 96 valence electrons. The highest BCUT2D eigenvalue weighted by Gasteiger charge is 2.08. The van der Waals surface area contributed by atoms with E-state index in [-0.39, 0.29) is 0 Å². The molecule has 0 aliphatic carbocycles. The van der Waals surface area contributed by atoms with Gasteiger partial charge in [0.15, 0.2) is 0 Å². The van der Waals surface area contributed by atoms with Crippen molar-refractivity contribution in [2.45, 2.75) is 26.8 Å². The average molecular weight is 284 g/mol. The summed E-state index contributed by atoms with van der Waals surface area (Å²) < 4.78 is 2.08. The molecule has 0 spiro atoms. The molecule has 0 saturated carbocycles. The Morgan fingerprint density at radius 3 is 2.67 bits per heavy atom. The molecule has 0 amide bonds. The van der Waals surface area contributed by atoms with Crippen LogP contribution in [0.3, 0.4) is 0 Å². The summed E-state index contributed by atoms with van der Waals surface area (Å²) in [4.78, 5) is 0. The average Bonchev–Trinajstić information content (AvgIpc) is 2.70. The molecule has 3 nitrogen and oxygen atoms in total. The summed E-state index contributed by atoms with van der Waals surface area (Å²) in [6.45, 7) is 5.26. The van der Waals surface area contributed by atoms with Crippen molar-refractivity contribution in [2.24, 2.45) is 5.92 Å². The summed E-state index contributed by atoms with van der Waals surface area (Å²) in [5.41, 5.74) is 1.09. The van der Waals surface area contributed by atoms with Gasteiger partial charge in [-0.2, -0.15) is 0 Å². The highest BCUT2D eigenvalue weighted by atomic mass is 35.5. The normalized spacial score (nSPS) is 11.2. The molecule has 5 heteroatoms. The monoisotopic (exact) mass is 283 g/mol. The summed E-state index contributed by atoms with van der Waals surface area (Å²) in [6.07, 6.45) is 2.48. The molecule has 0 fully saturated rings. The lowest BCUT2D eigenvalue weighted by Gasteiger charge is -2.09. The Balaban J connectivity index is 2.18. The first kappa shape index (κ1) is 13.4. The molecular weight excluding hydrogens is 269 g/mol. The van der Waals surface area contributed by atoms with Gasteiger partial charge >= 0.3 is 0 Å². The topological polar surface area (TPSA) is 30.7 Å². The van der Waals surface area contributed by atoms with Gasteiger partial charge in [-0.1, -0.05) is 43.1 Å². The van der Waals surface area contributed by atoms with Crippen molar-refractivity contribution in [3.05, 3.63) is 46.0 Å². The van der Waals surface area contributed by atoms with Gasteiger partial charge in [0.1, 0.15) is 12.2 Å². The van der Waals surface area contributed by atoms with Gasteiger partial charge in [-0.15, -0.1) is 10.2 Å². The number of benzene rings is 1. The van der Waals surface area contributed by atoms with Gasteiger partial charge in [0.25, 0.3) is 0 Å². The van der Waals surface area contributed by atoms with E-state index in [1.807, 2.05) is 18.2 Å². The molecule has 0 aliphatic rings. The van der Waals surface area contributed by atoms with Crippen LogP contribution in [0.2, 0.25) is 10.0 Å². The van der Waals surface area contributed by atoms with Gasteiger partial charge < -0.3 is 4.57 Å². The molecular formula is C13H15Cl2N3. The number of rotatable bonds is 4. The Morgan fingerprint density at radius 1 is 1.22 bits per heavy atom. The van der Waals surface area contributed by atoms with Crippen LogP contribution in [0.4, 0.5) is 0 Å². The molecule has 1 heterocycles. The van der Waals surface area contributed by atoms with E-state index in [9.17, 15) is 0 Å². The van der Waals surface area contributed by atoms with Crippen LogP contribution in [-0.2, 0) is 13.0 Å². The second-order valence-corrected chi connectivity index (χ2v) is 5.53. The molecule has 0 N–H and O–H groups in total. The van der Waals surface area contributed by atoms with Crippen molar-refractivity contribution in [1.82, 2.24) is 14.8 Å². The van der Waals surface area contributed by atoms with Crippen LogP contribution in [-0.4, -0.2) is 14.8 Å². The maximum Gasteiger partial charge on any atom is 0.137 e. The quantitative estimate of drug-likeness (QED) is 0.854. The van der Waals surface area contributed by atoms with E-state index >= 15 is 0 Å². The van der Waals surface area contributed by atoms with Gasteiger partial charge in [0.05, 0.1) is 10.0 Å². The number of hydrogen-bond donors (Lipinski definition) is 0. The summed E-state index contributed by atoms with van der Waals surface area (Å²) in [6, 6.07) is 5.64. The molecule has 2 aromatic rings. The first-order chi connectivity index (χ1) is 8.56. The molecule has 2 rings (SSSR count). The van der Waals surface area contributed by atoms with Gasteiger partial charge in [-0.3, -0.25) is 0 Å². The molecule has 0 unspecified atom stereocenters. The van der Waals surface area contributed by atoms with Gasteiger partial charge in [-0.25, -0.2) is 0 Å². The zero-order valence-corrected chi connectivity index (χ0v) is 11.9. The molecule has 0 bridgehead atoms. The van der Waals surface area contributed by atoms with E-state index in [1.165, 1.54) is 0 Å². The SMILES string of the molecule is CC(C)Cn1cnnc1Cc1ccc(Cl)c(Cl)c1. The minimum absolute atomic E-state index is 0.563. The second kappa shape index (κ2) is 5.72. The van der Waals surface area contributed by atoms with Crippen LogP contribution < -0.4 is 0 Å². The van der Waals surface area contributed by atoms with Crippen LogP contribution in [0.25, 0.3) is 0 Å². The third kappa shape index (κ3) is 3.24. The van der Waals surface area contributed by atoms with Crippen molar-refractivity contribution < 1.29 is 0 Å². The van der Waals surface area contributed by atoms with Gasteiger partial charge in [-0.05, 0) is 23.6 Å². The minimum Gasteiger partial charge on any atom is -0.317 e. The second-order valence-electron chi connectivity index (χ2n) is 4.72. The zero-order valence-electron chi connectivity index (χ0n) is 10.4. The van der Waals surface area contributed by atoms with Crippen LogP contribution in [0.15, 0.2) is 24.5 Å². The van der Waals surface area contributed by atoms with Crippen LogP contribution in [0, 0.1) is 5.92 Å². The fraction of sp³-hybridized carbons (Fsp3) is 0.385. The summed E-state index contributed by atoms with van der Waals surface area (Å²) in [5, 5.41) is 9.27. The Hall–Kier alpha value is -1.06. The Kier molecular flexibility index (Phi) is 4.25. The molecule has 1 aromatic carbocycles. The van der Waals surface area contributed by atoms with E-state index < -0.39 is 0 Å². The first-order valence-corrected chi connectivity index (χ1v) is 6.62. The van der Waals surface area contributed by atoms with E-state index in [0.717, 1.165) is 17.9 Å². The largest absolute Gasteiger partial charge is 0.317 e. The maximum absolute atomic E-state index is 6.00. The van der Waals surface area contributed by atoms with Crippen molar-refractivity contribution in [2.75, 3.05) is 0 Å². The molecule has 0 radical (unpaired) electrons. The van der Waals surface area contributed by atoms with Crippen molar-refractivity contribution >= 4 is 23.2 Å². The van der Waals surface area contributed by atoms with E-state index in [2.05, 4.69) is 28.6 Å². The minimum atomic E-state index is 0.563. The molecule has 18 heavy (non-hydrogen) atoms. The predicted molar refractivity (Wildman–Crippen MR) is 74.1 cm³/mol. The lowest BCUT2D eigenvalue weighted by Crippen LogP contribution is -2.08. The highest BCUT2D eigenvalue weighted by Crippen LogP contribution is 2.23. The third-order valence-electron chi connectivity index (χ3n) is 2.60. The van der Waals surface area contributed by atoms with Crippen LogP contribution >= 0.6 is 23.2 Å². The van der Waals surface area contributed by atoms with E-state index in [1.54, 1.807) is 6.33 Å². The Labute approximate surface area is 117 Å². The fourth-order valence-electron chi connectivity index (χ4n) is 1.79. The van der Waals surface area contributed by atoms with Crippen molar-refractivity contribution in [3.63, 3.8) is 0 Å². The van der Waals surface area contributed by atoms with Crippen LogP contribution in [0.1, 0.15) is 25.2 Å². The van der Waals surface area contributed by atoms with Crippen molar-refractivity contribution in [3.8, 4) is 0 Å². The predicted octanol–water partition coefficient (Wildman–Crippen LogP) is 3.83. The first-order valence-electron chi connectivity index (χ1n) is 5.87. The van der Waals surface area contributed by atoms with Crippen LogP contribution in [0.5, 0.6) is 0 Å². The number of nitrogens with zero attached hydrogens (tertiary/aromatic N) is 3. The summed E-state index contributed by atoms with van der Waals surface area (Å²) in [5.74, 6) is 1.51. The van der Waals surface area contributed by atoms with Crippen molar-refractivity contribution in [1.29, 1.82) is 0 Å². The third-order valence-corrected chi connectivity index (χ3v) is 3.34. The molecule has 0 saturated heterocycles. The maximum atomic E-state index is 6.00. The smallest absolute Gasteiger partial charge is 0.137 e. The molecule has 0 aliphatic heterocycles. The standard InChI is InChI=1S/C13H15Cl2N3/c1-9(2)7-18-8-16-17-13(18)6-10-3-4-11(14)12(15)5-10/h3-5,8-9H,6-7H2,1-2H3. The fourth-order valence-corrected chi connectivity index (χ4v) is 2.11. The number of hydrogen-bond acceptors (Lipinski definition) is 2. The lowest BCUT2D eigenvalue weighted by molar-refractivity contribution is 0.509. The lowest BCUT2D eigenvalue weighted by atomic mass is 10.1. The molecule has 0 atom stereocenters. The number of aromatic nitrogens is 3. The number of halogens is 2. The van der Waals surface area contributed by atoms with Gasteiger partial charge in [0.2, 0.25) is 0 Å². The highest BCUT2D eigenvalue weighted by molar-refractivity contribution is 6.42. The van der Waals surface area contributed by atoms with E-state index in [0.29, 0.717) is 22.4 Å². The van der Waals surface area contributed by atoms with E-state index in [4.69, 9.17) is 23.2 Å². The Bertz CT molecular complexity index is 535. The zero-order chi connectivity index (χ0) is 13.1. The summed E-state index contributed by atoms with van der Waals surface area (Å²) >= 11 is 11.9. The van der Waals surface area contributed by atoms with Gasteiger partial charge in [0, 0.05) is 13.0 Å². The Morgan fingerprint density at radius 2 is 2.00 bits per heavy atom. The summed E-state index contributed by atoms with van der Waals surface area (Å²) in [7, 11) is 0. The molecule has 1 aromatic heterocycles.